The van der Waals surface area contributed by atoms with Crippen molar-refractivity contribution in [3.63, 3.8) is 0 Å². The van der Waals surface area contributed by atoms with Gasteiger partial charge in [-0.3, -0.25) is 38.6 Å². The molecule has 2 saturated heterocycles. The van der Waals surface area contributed by atoms with Crippen LogP contribution in [0.4, 0.5) is 5.13 Å². The molecule has 0 spiro atoms. The molecule has 0 saturated carbocycles. The highest BCUT2D eigenvalue weighted by Crippen LogP contribution is 2.43. The highest BCUT2D eigenvalue weighted by Gasteiger charge is 2.57. The van der Waals surface area contributed by atoms with Crippen LogP contribution in [0.15, 0.2) is 33.1 Å². The highest BCUT2D eigenvalue weighted by molar-refractivity contribution is 8.00. The number of oxime groups is 1. The molecule has 1 aromatic rings. The molecular weight excluding hydrogens is 751 g/mol. The number of thiazole rings is 1. The number of carboxylic acid groups (broad SMARTS) is 2. The van der Waals surface area contributed by atoms with E-state index in [4.69, 9.17) is 20.0 Å². The molecule has 4 atom stereocenters. The molecule has 2 fully saturated rings. The average molecular weight is 782 g/mol. The molecule has 0 bridgehead atoms. The molecule has 23 heteroatoms. The van der Waals surface area contributed by atoms with Gasteiger partial charge in [-0.2, -0.15) is 0 Å². The molecule has 4 amide bonds. The van der Waals surface area contributed by atoms with Crippen molar-refractivity contribution >= 4 is 93.2 Å². The zero-order chi connectivity index (χ0) is 38.2. The Balaban J connectivity index is 1.36. The number of nitrogens with zero attached hydrogens (tertiary/aromatic N) is 4. The SMILES string of the molecule is CC(=O)OCC1=C(C(=O)O)N2C(=O)[C@@H](NC(=O)C3=C(COC(C)=O)CS[C@@H]4[C@H](NC(=O)/C(=N\OC(C)(C)C(=O)O)c5csc(N)n5)C(=O)N34)[C@H]2SC1. The molecule has 1 aromatic heterocycles. The van der Waals surface area contributed by atoms with Gasteiger partial charge in [0.05, 0.1) is 0 Å². The Hall–Kier alpha value is -5.16. The fourth-order valence-corrected chi connectivity index (χ4v) is 8.40. The van der Waals surface area contributed by atoms with Crippen LogP contribution in [0.3, 0.4) is 0 Å². The van der Waals surface area contributed by atoms with Crippen LogP contribution in [0.1, 0.15) is 33.4 Å². The van der Waals surface area contributed by atoms with Crippen molar-refractivity contribution in [1.82, 2.24) is 25.4 Å². The number of ether oxygens (including phenoxy) is 2. The minimum atomic E-state index is -1.84. The predicted octanol–water partition coefficient (Wildman–Crippen LogP) is -1.17. The van der Waals surface area contributed by atoms with E-state index in [1.165, 1.54) is 19.2 Å². The van der Waals surface area contributed by atoms with Crippen molar-refractivity contribution < 1.29 is 62.9 Å². The molecule has 0 aliphatic carbocycles. The molecule has 4 aliphatic rings. The van der Waals surface area contributed by atoms with Gasteiger partial charge in [-0.05, 0) is 13.8 Å². The van der Waals surface area contributed by atoms with Crippen molar-refractivity contribution in [3.8, 4) is 0 Å². The van der Waals surface area contributed by atoms with Crippen LogP contribution in [-0.4, -0.2) is 131 Å². The number of fused-ring (bicyclic) bond motifs is 2. The Morgan fingerprint density at radius 1 is 0.923 bits per heavy atom. The van der Waals surface area contributed by atoms with E-state index in [0.29, 0.717) is 0 Å². The van der Waals surface area contributed by atoms with Crippen molar-refractivity contribution in [3.05, 3.63) is 33.6 Å². The second-order valence-electron chi connectivity index (χ2n) is 11.9. The number of carboxylic acids is 2. The van der Waals surface area contributed by atoms with E-state index in [1.54, 1.807) is 0 Å². The molecule has 52 heavy (non-hydrogen) atoms. The molecule has 4 aliphatic heterocycles. The van der Waals surface area contributed by atoms with Crippen LogP contribution in [-0.2, 0) is 52.7 Å². The van der Waals surface area contributed by atoms with Gasteiger partial charge in [0.1, 0.15) is 53.1 Å². The van der Waals surface area contributed by atoms with E-state index in [9.17, 15) is 48.6 Å². The van der Waals surface area contributed by atoms with Gasteiger partial charge < -0.3 is 40.9 Å². The summed E-state index contributed by atoms with van der Waals surface area (Å²) in [4.78, 5) is 112. The predicted molar refractivity (Wildman–Crippen MR) is 181 cm³/mol. The quantitative estimate of drug-likeness (QED) is 0.0682. The van der Waals surface area contributed by atoms with Gasteiger partial charge >= 0.3 is 23.9 Å². The third kappa shape index (κ3) is 7.41. The number of aromatic nitrogens is 1. The zero-order valence-electron chi connectivity index (χ0n) is 27.7. The van der Waals surface area contributed by atoms with Gasteiger partial charge in [-0.15, -0.1) is 34.9 Å². The summed E-state index contributed by atoms with van der Waals surface area (Å²) in [5.41, 5.74) is 3.20. The number of anilines is 1. The number of nitrogens with one attached hydrogen (secondary N) is 2. The van der Waals surface area contributed by atoms with Crippen LogP contribution < -0.4 is 16.4 Å². The number of amides is 4. The van der Waals surface area contributed by atoms with E-state index in [-0.39, 0.29) is 58.1 Å². The number of aliphatic carboxylic acids is 2. The first-order valence-corrected chi connectivity index (χ1v) is 18.1. The lowest BCUT2D eigenvalue weighted by atomic mass is 10.00. The number of nitrogen functional groups attached to an aromatic ring is 1. The van der Waals surface area contributed by atoms with E-state index >= 15 is 0 Å². The molecule has 0 aromatic carbocycles. The largest absolute Gasteiger partial charge is 0.478 e. The van der Waals surface area contributed by atoms with E-state index < -0.39 is 81.7 Å². The van der Waals surface area contributed by atoms with Gasteiger partial charge in [-0.1, -0.05) is 5.16 Å². The summed E-state index contributed by atoms with van der Waals surface area (Å²) in [7, 11) is 0. The summed E-state index contributed by atoms with van der Waals surface area (Å²) in [5.74, 6) is -7.31. The minimum Gasteiger partial charge on any atom is -0.478 e. The lowest BCUT2D eigenvalue weighted by molar-refractivity contribution is -0.161. The molecule has 0 radical (unpaired) electrons. The van der Waals surface area contributed by atoms with E-state index in [1.807, 2.05) is 0 Å². The van der Waals surface area contributed by atoms with Gasteiger partial charge in [0, 0.05) is 41.9 Å². The van der Waals surface area contributed by atoms with Crippen molar-refractivity contribution in [1.29, 1.82) is 0 Å². The number of rotatable bonds is 13. The lowest BCUT2D eigenvalue weighted by Gasteiger charge is -2.51. The molecule has 6 N–H and O–H groups in total. The van der Waals surface area contributed by atoms with Crippen LogP contribution in [0.25, 0.3) is 0 Å². The third-order valence-electron chi connectivity index (χ3n) is 7.84. The first kappa shape index (κ1) is 38.1. The Morgan fingerprint density at radius 3 is 1.92 bits per heavy atom. The lowest BCUT2D eigenvalue weighted by Crippen LogP contribution is -2.73. The second kappa shape index (κ2) is 14.8. The number of carbonyl (C=O) groups is 8. The maximum absolute atomic E-state index is 13.9. The summed E-state index contributed by atoms with van der Waals surface area (Å²) in [6, 6.07) is -2.43. The number of nitrogens with two attached hydrogens (primary N) is 1. The summed E-state index contributed by atoms with van der Waals surface area (Å²) < 4.78 is 10.1. The van der Waals surface area contributed by atoms with Crippen LogP contribution in [0, 0.1) is 0 Å². The number of hydrogen-bond acceptors (Lipinski definition) is 17. The molecular formula is C29H31N7O13S3. The average Bonchev–Trinajstić information content (AvgIpc) is 3.51. The molecule has 5 heterocycles. The Kier molecular flexibility index (Phi) is 10.9. The fraction of sp³-hybridized carbons (Fsp3) is 0.448. The number of hydrogen-bond donors (Lipinski definition) is 5. The first-order chi connectivity index (χ1) is 24.4. The zero-order valence-corrected chi connectivity index (χ0v) is 30.1. The van der Waals surface area contributed by atoms with Crippen LogP contribution in [0.2, 0.25) is 0 Å². The summed E-state index contributed by atoms with van der Waals surface area (Å²) in [5, 5.41) is 27.8. The molecule has 0 unspecified atom stereocenters. The molecule has 278 valence electrons. The van der Waals surface area contributed by atoms with Gasteiger partial charge in [0.2, 0.25) is 5.60 Å². The summed E-state index contributed by atoms with van der Waals surface area (Å²) >= 11 is 3.25. The summed E-state index contributed by atoms with van der Waals surface area (Å²) in [6.07, 6.45) is 0. The van der Waals surface area contributed by atoms with Crippen molar-refractivity contribution in [2.45, 2.75) is 56.1 Å². The Bertz CT molecular complexity index is 1870. The van der Waals surface area contributed by atoms with Crippen molar-refractivity contribution in [2.75, 3.05) is 30.5 Å². The number of β-lactam (4-membered cyclic amide) rings is 2. The normalized spacial score (nSPS) is 22.7. The van der Waals surface area contributed by atoms with Gasteiger partial charge in [-0.25, -0.2) is 14.6 Å². The maximum Gasteiger partial charge on any atom is 0.352 e. The van der Waals surface area contributed by atoms with E-state index in [0.717, 1.165) is 58.5 Å². The van der Waals surface area contributed by atoms with Crippen LogP contribution in [0.5, 0.6) is 0 Å². The molecule has 5 rings (SSSR count). The topological polar surface area (TPSA) is 287 Å². The maximum atomic E-state index is 13.9. The third-order valence-corrected chi connectivity index (χ3v) is 11.2. The highest BCUT2D eigenvalue weighted by atomic mass is 32.2. The second-order valence-corrected chi connectivity index (χ2v) is 15.0. The number of esters is 2. The van der Waals surface area contributed by atoms with Crippen LogP contribution >= 0.6 is 34.9 Å². The minimum absolute atomic E-state index is 0.0519. The standard InChI is InChI=1S/C29H31N7O13S3/c1-10(37)47-5-12-7-50-24-16(32-20(39)15(14-9-52-28(30)31-14)34-49-29(3,4)27(45)46)22(41)35(24)18(12)21(40)33-17-23(42)36-19(26(43)44)13(6-48-11(2)38)8-51-25(17)36/h9,16-17,24-25H,5-8H2,1-4H3,(H2,30,31)(H,32,39)(H,33,40)(H,43,44)(H,45,46)/b34-15-/t16-,17-,24-,25-/m1/s1. The smallest absolute Gasteiger partial charge is 0.352 e. The number of thioether (sulfide) groups is 2. The van der Waals surface area contributed by atoms with Crippen molar-refractivity contribution in [2.24, 2.45) is 5.16 Å². The molecule has 20 nitrogen and oxygen atoms in total. The Morgan fingerprint density at radius 2 is 1.44 bits per heavy atom. The van der Waals surface area contributed by atoms with Gasteiger partial charge in [0.15, 0.2) is 10.8 Å². The van der Waals surface area contributed by atoms with E-state index in [2.05, 4.69) is 20.8 Å². The first-order valence-electron chi connectivity index (χ1n) is 15.1. The van der Waals surface area contributed by atoms with Gasteiger partial charge in [0.25, 0.3) is 23.6 Å². The number of carbonyl (C=O) groups excluding carboxylic acids is 6. The monoisotopic (exact) mass is 781 g/mol. The fourth-order valence-electron chi connectivity index (χ4n) is 5.20. The summed E-state index contributed by atoms with van der Waals surface area (Å²) in [6.45, 7) is 4.01. The Labute approximate surface area is 306 Å².